The van der Waals surface area contributed by atoms with E-state index in [0.717, 1.165) is 28.9 Å². The van der Waals surface area contributed by atoms with Gasteiger partial charge in [0, 0.05) is 24.2 Å². The lowest BCUT2D eigenvalue weighted by molar-refractivity contribution is 0.854. The van der Waals surface area contributed by atoms with Crippen LogP contribution in [0.25, 0.3) is 0 Å². The van der Waals surface area contributed by atoms with Gasteiger partial charge in [-0.25, -0.2) is 15.0 Å². The molecule has 0 aliphatic carbocycles. The summed E-state index contributed by atoms with van der Waals surface area (Å²) < 4.78 is 0. The maximum Gasteiger partial charge on any atom is 0.132 e. The van der Waals surface area contributed by atoms with E-state index in [1.807, 2.05) is 26.2 Å². The maximum atomic E-state index is 4.45. The minimum Gasteiger partial charge on any atom is -0.373 e. The first kappa shape index (κ1) is 13.7. The van der Waals surface area contributed by atoms with E-state index < -0.39 is 0 Å². The van der Waals surface area contributed by atoms with Crippen molar-refractivity contribution in [1.82, 2.24) is 15.0 Å². The Kier molecular flexibility index (Phi) is 4.31. The zero-order valence-corrected chi connectivity index (χ0v) is 12.5. The fraction of sp³-hybridized carbons (Fsp3) is 0.462. The van der Waals surface area contributed by atoms with Crippen molar-refractivity contribution in [2.75, 3.05) is 17.7 Å². The van der Waals surface area contributed by atoms with Gasteiger partial charge in [0.15, 0.2) is 0 Å². The average Bonchev–Trinajstić information content (AvgIpc) is 2.86. The van der Waals surface area contributed by atoms with Crippen molar-refractivity contribution in [1.29, 1.82) is 0 Å². The molecule has 102 valence electrons. The number of nitrogens with zero attached hydrogens (tertiary/aromatic N) is 3. The zero-order valence-electron chi connectivity index (χ0n) is 11.7. The Bertz CT molecular complexity index is 552. The second-order valence-electron chi connectivity index (χ2n) is 4.32. The van der Waals surface area contributed by atoms with Gasteiger partial charge in [-0.1, -0.05) is 6.92 Å². The van der Waals surface area contributed by atoms with Crippen molar-refractivity contribution in [3.05, 3.63) is 28.0 Å². The van der Waals surface area contributed by atoms with Crippen molar-refractivity contribution in [2.24, 2.45) is 0 Å². The van der Waals surface area contributed by atoms with Gasteiger partial charge in [-0.2, -0.15) is 0 Å². The molecule has 1 unspecified atom stereocenters. The number of hydrogen-bond acceptors (Lipinski definition) is 6. The molecule has 2 rings (SSSR count). The van der Waals surface area contributed by atoms with Crippen LogP contribution in [-0.2, 0) is 6.42 Å². The van der Waals surface area contributed by atoms with E-state index in [1.165, 1.54) is 4.88 Å². The van der Waals surface area contributed by atoms with E-state index in [0.29, 0.717) is 0 Å². The number of thiazole rings is 1. The Labute approximate surface area is 117 Å². The maximum absolute atomic E-state index is 4.45. The third-order valence-electron chi connectivity index (χ3n) is 2.75. The van der Waals surface area contributed by atoms with Gasteiger partial charge in [0.25, 0.3) is 0 Å². The summed E-state index contributed by atoms with van der Waals surface area (Å²) in [6, 6.07) is 2.04. The molecule has 1 atom stereocenters. The fourth-order valence-corrected chi connectivity index (χ4v) is 2.60. The summed E-state index contributed by atoms with van der Waals surface area (Å²) >= 11 is 1.74. The normalized spacial score (nSPS) is 12.2. The molecule has 2 N–H and O–H groups in total. The molecule has 0 saturated carbocycles. The summed E-state index contributed by atoms with van der Waals surface area (Å²) in [5.41, 5.74) is 0. The highest BCUT2D eigenvalue weighted by molar-refractivity contribution is 7.11. The van der Waals surface area contributed by atoms with Gasteiger partial charge >= 0.3 is 0 Å². The van der Waals surface area contributed by atoms with Gasteiger partial charge in [-0.15, -0.1) is 11.3 Å². The molecule has 0 bridgehead atoms. The standard InChI is InChI=1S/C13H19N5S/c1-5-10-7-15-13(19-10)8(2)16-12-6-11(14-4)17-9(3)18-12/h6-8H,5H2,1-4H3,(H2,14,16,17,18). The predicted octanol–water partition coefficient (Wildman–Crippen LogP) is 3.02. The lowest BCUT2D eigenvalue weighted by Gasteiger charge is -2.13. The molecule has 0 amide bonds. The van der Waals surface area contributed by atoms with E-state index in [9.17, 15) is 0 Å². The third-order valence-corrected chi connectivity index (χ3v) is 4.07. The molecule has 0 saturated heterocycles. The Balaban J connectivity index is 2.13. The topological polar surface area (TPSA) is 62.7 Å². The third kappa shape index (κ3) is 3.41. The van der Waals surface area contributed by atoms with Crippen molar-refractivity contribution in [3.8, 4) is 0 Å². The predicted molar refractivity (Wildman–Crippen MR) is 79.8 cm³/mol. The van der Waals surface area contributed by atoms with Crippen LogP contribution < -0.4 is 10.6 Å². The van der Waals surface area contributed by atoms with Crippen molar-refractivity contribution in [3.63, 3.8) is 0 Å². The molecular formula is C13H19N5S. The van der Waals surface area contributed by atoms with Crippen molar-refractivity contribution >= 4 is 23.0 Å². The Morgan fingerprint density at radius 1 is 1.32 bits per heavy atom. The lowest BCUT2D eigenvalue weighted by atomic mass is 10.3. The lowest BCUT2D eigenvalue weighted by Crippen LogP contribution is -2.09. The smallest absolute Gasteiger partial charge is 0.132 e. The molecule has 0 aromatic carbocycles. The highest BCUT2D eigenvalue weighted by Gasteiger charge is 2.11. The summed E-state index contributed by atoms with van der Waals surface area (Å²) in [5, 5.41) is 7.48. The molecule has 0 aliphatic rings. The largest absolute Gasteiger partial charge is 0.373 e. The van der Waals surface area contributed by atoms with Gasteiger partial charge in [0.05, 0.1) is 6.04 Å². The Morgan fingerprint density at radius 3 is 2.68 bits per heavy atom. The number of rotatable bonds is 5. The molecular weight excluding hydrogens is 258 g/mol. The second-order valence-corrected chi connectivity index (χ2v) is 5.47. The summed E-state index contributed by atoms with van der Waals surface area (Å²) in [4.78, 5) is 14.4. The Morgan fingerprint density at radius 2 is 2.05 bits per heavy atom. The molecule has 0 aliphatic heterocycles. The second kappa shape index (κ2) is 5.97. The van der Waals surface area contributed by atoms with Crippen LogP contribution in [0.1, 0.15) is 35.6 Å². The molecule has 0 radical (unpaired) electrons. The monoisotopic (exact) mass is 277 g/mol. The van der Waals surface area contributed by atoms with Gasteiger partial charge < -0.3 is 10.6 Å². The molecule has 6 heteroatoms. The first-order valence-corrected chi connectivity index (χ1v) is 7.18. The summed E-state index contributed by atoms with van der Waals surface area (Å²) in [7, 11) is 1.85. The summed E-state index contributed by atoms with van der Waals surface area (Å²) in [5.74, 6) is 2.38. The van der Waals surface area contributed by atoms with Crippen LogP contribution in [0.5, 0.6) is 0 Å². The van der Waals surface area contributed by atoms with E-state index >= 15 is 0 Å². The van der Waals surface area contributed by atoms with Crippen molar-refractivity contribution in [2.45, 2.75) is 33.2 Å². The minimum absolute atomic E-state index is 0.143. The zero-order chi connectivity index (χ0) is 13.8. The van der Waals surface area contributed by atoms with Crippen LogP contribution >= 0.6 is 11.3 Å². The first-order valence-electron chi connectivity index (χ1n) is 6.37. The van der Waals surface area contributed by atoms with E-state index in [4.69, 9.17) is 0 Å². The molecule has 19 heavy (non-hydrogen) atoms. The SMILES string of the molecule is CCc1cnc(C(C)Nc2cc(NC)nc(C)n2)s1. The van der Waals surface area contributed by atoms with Crippen LogP contribution in [0.3, 0.4) is 0 Å². The quantitative estimate of drug-likeness (QED) is 0.879. The molecule has 2 aromatic heterocycles. The van der Waals surface area contributed by atoms with E-state index in [-0.39, 0.29) is 6.04 Å². The number of hydrogen-bond donors (Lipinski definition) is 2. The molecule has 2 aromatic rings. The van der Waals surface area contributed by atoms with Crippen LogP contribution in [0.4, 0.5) is 11.6 Å². The molecule has 0 spiro atoms. The average molecular weight is 277 g/mol. The van der Waals surface area contributed by atoms with Gasteiger partial charge in [0.1, 0.15) is 22.5 Å². The van der Waals surface area contributed by atoms with Crippen LogP contribution in [0.15, 0.2) is 12.3 Å². The summed E-state index contributed by atoms with van der Waals surface area (Å²) in [6.45, 7) is 6.12. The van der Waals surface area contributed by atoms with Gasteiger partial charge in [0.2, 0.25) is 0 Å². The minimum atomic E-state index is 0.143. The first-order chi connectivity index (χ1) is 9.12. The Hall–Kier alpha value is -1.69. The van der Waals surface area contributed by atoms with Crippen LogP contribution in [0, 0.1) is 6.92 Å². The molecule has 2 heterocycles. The number of anilines is 2. The number of nitrogens with one attached hydrogen (secondary N) is 2. The van der Waals surface area contributed by atoms with Crippen LogP contribution in [0.2, 0.25) is 0 Å². The number of aromatic nitrogens is 3. The molecule has 5 nitrogen and oxygen atoms in total. The fourth-order valence-electron chi connectivity index (χ4n) is 1.74. The van der Waals surface area contributed by atoms with E-state index in [2.05, 4.69) is 39.4 Å². The highest BCUT2D eigenvalue weighted by Crippen LogP contribution is 2.24. The van der Waals surface area contributed by atoms with Crippen LogP contribution in [-0.4, -0.2) is 22.0 Å². The van der Waals surface area contributed by atoms with E-state index in [1.54, 1.807) is 11.3 Å². The number of aryl methyl sites for hydroxylation is 2. The molecule has 0 fully saturated rings. The summed E-state index contributed by atoms with van der Waals surface area (Å²) in [6.07, 6.45) is 2.98. The van der Waals surface area contributed by atoms with Crippen molar-refractivity contribution < 1.29 is 0 Å². The highest BCUT2D eigenvalue weighted by atomic mass is 32.1. The van der Waals surface area contributed by atoms with Gasteiger partial charge in [-0.3, -0.25) is 0 Å². The van der Waals surface area contributed by atoms with Gasteiger partial charge in [-0.05, 0) is 20.3 Å².